The molecule has 0 saturated heterocycles. The number of oxazole rings is 1. The number of hydrogen-bond donors (Lipinski definition) is 2. The van der Waals surface area contributed by atoms with E-state index in [0.29, 0.717) is 11.6 Å². The molecule has 0 bridgehead atoms. The molecule has 7 heteroatoms. The predicted octanol–water partition coefficient (Wildman–Crippen LogP) is 2.80. The number of aromatic nitrogens is 1. The first-order valence-electron chi connectivity index (χ1n) is 7.57. The van der Waals surface area contributed by atoms with Gasteiger partial charge in [-0.15, -0.1) is 11.8 Å². The Morgan fingerprint density at radius 2 is 2.00 bits per heavy atom. The van der Waals surface area contributed by atoms with Crippen molar-refractivity contribution in [3.05, 3.63) is 42.3 Å². The van der Waals surface area contributed by atoms with Crippen molar-refractivity contribution in [1.29, 1.82) is 0 Å². The summed E-state index contributed by atoms with van der Waals surface area (Å²) < 4.78 is 5.43. The lowest BCUT2D eigenvalue weighted by Crippen LogP contribution is -2.45. The van der Waals surface area contributed by atoms with Crippen molar-refractivity contribution in [2.24, 2.45) is 5.92 Å². The molecular formula is C17H20N2O4S. The molecule has 24 heavy (non-hydrogen) atoms. The lowest BCUT2D eigenvalue weighted by Gasteiger charge is -2.17. The number of carbonyl (C=O) groups is 2. The average molecular weight is 348 g/mol. The molecule has 1 aromatic heterocycles. The maximum absolute atomic E-state index is 11.8. The van der Waals surface area contributed by atoms with Crippen molar-refractivity contribution in [3.8, 4) is 11.5 Å². The number of thioether (sulfide) groups is 1. The highest BCUT2D eigenvalue weighted by Crippen LogP contribution is 2.20. The normalized spacial score (nSPS) is 12.1. The van der Waals surface area contributed by atoms with E-state index >= 15 is 0 Å². The minimum Gasteiger partial charge on any atom is -0.480 e. The number of amides is 1. The van der Waals surface area contributed by atoms with Crippen molar-refractivity contribution >= 4 is 23.6 Å². The van der Waals surface area contributed by atoms with Crippen LogP contribution < -0.4 is 5.32 Å². The summed E-state index contributed by atoms with van der Waals surface area (Å²) >= 11 is 1.36. The highest BCUT2D eigenvalue weighted by Gasteiger charge is 2.23. The van der Waals surface area contributed by atoms with Gasteiger partial charge in [0.1, 0.15) is 12.3 Å². The van der Waals surface area contributed by atoms with Gasteiger partial charge in [0.05, 0.1) is 11.4 Å². The van der Waals surface area contributed by atoms with Gasteiger partial charge in [-0.2, -0.15) is 0 Å². The number of carboxylic acids is 1. The molecule has 0 spiro atoms. The summed E-state index contributed by atoms with van der Waals surface area (Å²) in [5.41, 5.74) is 1.64. The second-order valence-corrected chi connectivity index (χ2v) is 6.62. The topological polar surface area (TPSA) is 92.4 Å². The molecule has 0 aliphatic heterocycles. The lowest BCUT2D eigenvalue weighted by atomic mass is 10.1. The Balaban J connectivity index is 1.81. The maximum atomic E-state index is 11.8. The van der Waals surface area contributed by atoms with Gasteiger partial charge in [-0.1, -0.05) is 32.0 Å². The predicted molar refractivity (Wildman–Crippen MR) is 92.5 cm³/mol. The third-order valence-corrected chi connectivity index (χ3v) is 4.27. The van der Waals surface area contributed by atoms with Crippen LogP contribution in [0.2, 0.25) is 0 Å². The van der Waals surface area contributed by atoms with E-state index in [1.54, 1.807) is 20.1 Å². The molecule has 1 heterocycles. The first kappa shape index (κ1) is 18.1. The van der Waals surface area contributed by atoms with Crippen molar-refractivity contribution < 1.29 is 19.1 Å². The Hall–Kier alpha value is -2.28. The SMILES string of the molecule is CC(C)[C@H](NC(=O)CSCc1coc(-c2ccccc2)n1)C(=O)O. The Morgan fingerprint density at radius 3 is 2.62 bits per heavy atom. The van der Waals surface area contributed by atoms with E-state index in [1.807, 2.05) is 30.3 Å². The molecule has 2 rings (SSSR count). The molecule has 1 amide bonds. The van der Waals surface area contributed by atoms with Gasteiger partial charge in [0.15, 0.2) is 0 Å². The molecule has 6 nitrogen and oxygen atoms in total. The van der Waals surface area contributed by atoms with Gasteiger partial charge in [-0.05, 0) is 18.1 Å². The van der Waals surface area contributed by atoms with Gasteiger partial charge >= 0.3 is 5.97 Å². The van der Waals surface area contributed by atoms with Crippen molar-refractivity contribution in [1.82, 2.24) is 10.3 Å². The summed E-state index contributed by atoms with van der Waals surface area (Å²) in [6.07, 6.45) is 1.57. The van der Waals surface area contributed by atoms with Crippen LogP contribution in [-0.2, 0) is 15.3 Å². The quantitative estimate of drug-likeness (QED) is 0.762. The van der Waals surface area contributed by atoms with E-state index in [-0.39, 0.29) is 17.6 Å². The van der Waals surface area contributed by atoms with Crippen molar-refractivity contribution in [2.45, 2.75) is 25.6 Å². The minimum atomic E-state index is -1.02. The highest BCUT2D eigenvalue weighted by atomic mass is 32.2. The standard InChI is InChI=1S/C17H20N2O4S/c1-11(2)15(17(21)22)19-14(20)10-24-9-13-8-23-16(18-13)12-6-4-3-5-7-12/h3-8,11,15H,9-10H2,1-2H3,(H,19,20)(H,21,22)/t15-/m0/s1. The summed E-state index contributed by atoms with van der Waals surface area (Å²) in [5.74, 6) is -0.255. The number of carboxylic acid groups (broad SMARTS) is 1. The summed E-state index contributed by atoms with van der Waals surface area (Å²) in [6.45, 7) is 3.51. The van der Waals surface area contributed by atoms with E-state index < -0.39 is 12.0 Å². The van der Waals surface area contributed by atoms with Crippen LogP contribution in [0.25, 0.3) is 11.5 Å². The molecule has 0 aliphatic carbocycles. The number of rotatable bonds is 8. The first-order chi connectivity index (χ1) is 11.5. The molecule has 128 valence electrons. The molecule has 0 radical (unpaired) electrons. The fraction of sp³-hybridized carbons (Fsp3) is 0.353. The number of nitrogens with zero attached hydrogens (tertiary/aromatic N) is 1. The minimum absolute atomic E-state index is 0.166. The highest BCUT2D eigenvalue weighted by molar-refractivity contribution is 7.99. The summed E-state index contributed by atoms with van der Waals surface area (Å²) in [6, 6.07) is 8.69. The summed E-state index contributed by atoms with van der Waals surface area (Å²) in [5, 5.41) is 11.6. The van der Waals surface area contributed by atoms with Crippen LogP contribution in [0.1, 0.15) is 19.5 Å². The number of nitrogens with one attached hydrogen (secondary N) is 1. The van der Waals surface area contributed by atoms with Gasteiger partial charge in [0.2, 0.25) is 11.8 Å². The zero-order valence-electron chi connectivity index (χ0n) is 13.6. The first-order valence-corrected chi connectivity index (χ1v) is 8.72. The number of aliphatic carboxylic acids is 1. The number of benzene rings is 1. The van der Waals surface area contributed by atoms with Crippen LogP contribution >= 0.6 is 11.8 Å². The summed E-state index contributed by atoms with van der Waals surface area (Å²) in [4.78, 5) is 27.3. The zero-order chi connectivity index (χ0) is 17.5. The smallest absolute Gasteiger partial charge is 0.326 e. The third-order valence-electron chi connectivity index (χ3n) is 3.30. The third kappa shape index (κ3) is 5.13. The van der Waals surface area contributed by atoms with Crippen LogP contribution in [0.15, 0.2) is 41.0 Å². The van der Waals surface area contributed by atoms with E-state index in [1.165, 1.54) is 11.8 Å². The molecule has 2 aromatic rings. The van der Waals surface area contributed by atoms with Gasteiger partial charge in [-0.25, -0.2) is 9.78 Å². The summed E-state index contributed by atoms with van der Waals surface area (Å²) in [7, 11) is 0. The Bertz CT molecular complexity index is 685. The number of carbonyl (C=O) groups excluding carboxylic acids is 1. The van der Waals surface area contributed by atoms with Crippen LogP contribution in [0.5, 0.6) is 0 Å². The largest absolute Gasteiger partial charge is 0.480 e. The van der Waals surface area contributed by atoms with Gasteiger partial charge < -0.3 is 14.8 Å². The molecule has 0 fully saturated rings. The van der Waals surface area contributed by atoms with Gasteiger partial charge in [-0.3, -0.25) is 4.79 Å². The van der Waals surface area contributed by atoms with E-state index in [0.717, 1.165) is 11.3 Å². The molecule has 0 aliphatic rings. The average Bonchev–Trinajstić information content (AvgIpc) is 3.02. The van der Waals surface area contributed by atoms with Crippen LogP contribution in [0.3, 0.4) is 0 Å². The van der Waals surface area contributed by atoms with E-state index in [2.05, 4.69) is 10.3 Å². The fourth-order valence-electron chi connectivity index (χ4n) is 2.06. The van der Waals surface area contributed by atoms with Gasteiger partial charge in [0.25, 0.3) is 0 Å². The Kier molecular flexibility index (Phi) is 6.43. The molecule has 0 unspecified atom stereocenters. The van der Waals surface area contributed by atoms with E-state index in [4.69, 9.17) is 9.52 Å². The molecular weight excluding hydrogens is 328 g/mol. The van der Waals surface area contributed by atoms with Crippen molar-refractivity contribution in [3.63, 3.8) is 0 Å². The fourth-order valence-corrected chi connectivity index (χ4v) is 2.78. The Labute approximate surface area is 144 Å². The van der Waals surface area contributed by atoms with Crippen LogP contribution in [0, 0.1) is 5.92 Å². The van der Waals surface area contributed by atoms with E-state index in [9.17, 15) is 9.59 Å². The van der Waals surface area contributed by atoms with Crippen molar-refractivity contribution in [2.75, 3.05) is 5.75 Å². The lowest BCUT2D eigenvalue weighted by molar-refractivity contribution is -0.142. The van der Waals surface area contributed by atoms with Crippen LogP contribution in [0.4, 0.5) is 0 Å². The van der Waals surface area contributed by atoms with Gasteiger partial charge in [0, 0.05) is 11.3 Å². The van der Waals surface area contributed by atoms with Crippen LogP contribution in [-0.4, -0.2) is 33.8 Å². The monoisotopic (exact) mass is 348 g/mol. The molecule has 2 N–H and O–H groups in total. The molecule has 1 aromatic carbocycles. The second-order valence-electron chi connectivity index (χ2n) is 5.63. The molecule has 0 saturated carbocycles. The maximum Gasteiger partial charge on any atom is 0.326 e. The number of hydrogen-bond acceptors (Lipinski definition) is 5. The second kappa shape index (κ2) is 8.54. The zero-order valence-corrected chi connectivity index (χ0v) is 14.4. The Morgan fingerprint density at radius 1 is 1.29 bits per heavy atom. The molecule has 1 atom stereocenters.